The number of nitrogens with two attached hydrogens (primary N) is 1. The van der Waals surface area contributed by atoms with Crippen LogP contribution in [0.5, 0.6) is 0 Å². The molecule has 0 aromatic carbocycles. The van der Waals surface area contributed by atoms with Crippen molar-refractivity contribution in [2.45, 2.75) is 38.6 Å². The predicted molar refractivity (Wildman–Crippen MR) is 73.0 cm³/mol. The van der Waals surface area contributed by atoms with Crippen LogP contribution in [-0.2, 0) is 19.2 Å². The minimum atomic E-state index is -1.20. The Labute approximate surface area is 122 Å². The van der Waals surface area contributed by atoms with Crippen LogP contribution < -0.4 is 11.1 Å². The second kappa shape index (κ2) is 7.61. The van der Waals surface area contributed by atoms with E-state index < -0.39 is 29.7 Å². The number of hydrogen-bond acceptors (Lipinski definition) is 4. The smallest absolute Gasteiger partial charge is 0.326 e. The zero-order chi connectivity index (χ0) is 16.0. The molecule has 8 nitrogen and oxygen atoms in total. The summed E-state index contributed by atoms with van der Waals surface area (Å²) in [5.41, 5.74) is 4.98. The van der Waals surface area contributed by atoms with Gasteiger partial charge in [-0.15, -0.1) is 0 Å². The number of carbonyl (C=O) groups is 4. The number of nitrogens with one attached hydrogen (secondary N) is 1. The van der Waals surface area contributed by atoms with Gasteiger partial charge in [-0.3, -0.25) is 14.4 Å². The van der Waals surface area contributed by atoms with Crippen molar-refractivity contribution in [1.82, 2.24) is 10.2 Å². The van der Waals surface area contributed by atoms with Crippen LogP contribution in [0, 0.1) is 5.92 Å². The predicted octanol–water partition coefficient (Wildman–Crippen LogP) is -0.920. The van der Waals surface area contributed by atoms with E-state index in [1.807, 2.05) is 0 Å². The van der Waals surface area contributed by atoms with Crippen LogP contribution in [-0.4, -0.2) is 52.8 Å². The highest BCUT2D eigenvalue weighted by atomic mass is 16.4. The summed E-state index contributed by atoms with van der Waals surface area (Å²) in [5, 5.41) is 11.5. The molecule has 1 rings (SSSR count). The van der Waals surface area contributed by atoms with Crippen molar-refractivity contribution in [2.24, 2.45) is 11.7 Å². The first-order chi connectivity index (χ1) is 9.81. The van der Waals surface area contributed by atoms with E-state index in [0.29, 0.717) is 25.9 Å². The number of likely N-dealkylation sites (tertiary alicyclic amines) is 1. The van der Waals surface area contributed by atoms with Gasteiger partial charge in [0.15, 0.2) is 0 Å². The minimum absolute atomic E-state index is 0.0421. The molecular formula is C13H21N3O5. The van der Waals surface area contributed by atoms with E-state index in [4.69, 9.17) is 10.8 Å². The minimum Gasteiger partial charge on any atom is -0.480 e. The van der Waals surface area contributed by atoms with Crippen LogP contribution in [0.3, 0.4) is 0 Å². The molecule has 0 radical (unpaired) electrons. The number of nitrogens with zero attached hydrogens (tertiary/aromatic N) is 1. The molecule has 2 atom stereocenters. The van der Waals surface area contributed by atoms with Crippen molar-refractivity contribution >= 4 is 23.7 Å². The zero-order valence-corrected chi connectivity index (χ0v) is 12.0. The number of aliphatic carboxylic acids is 1. The van der Waals surface area contributed by atoms with E-state index >= 15 is 0 Å². The van der Waals surface area contributed by atoms with Gasteiger partial charge in [0.1, 0.15) is 6.04 Å². The number of rotatable bonds is 6. The number of hydrogen-bond donors (Lipinski definition) is 3. The summed E-state index contributed by atoms with van der Waals surface area (Å²) in [6, 6.07) is -1.14. The normalized spacial score (nSPS) is 19.7. The maximum Gasteiger partial charge on any atom is 0.326 e. The number of piperidine rings is 1. The zero-order valence-electron chi connectivity index (χ0n) is 12.0. The van der Waals surface area contributed by atoms with E-state index in [1.165, 1.54) is 6.92 Å². The van der Waals surface area contributed by atoms with Crippen molar-refractivity contribution in [3.63, 3.8) is 0 Å². The SMILES string of the molecule is CC(=O)N1CCCC(C(=O)NC(CCC(N)=O)C(=O)O)C1. The van der Waals surface area contributed by atoms with Crippen LogP contribution in [0.25, 0.3) is 0 Å². The highest BCUT2D eigenvalue weighted by molar-refractivity contribution is 5.86. The summed E-state index contributed by atoms with van der Waals surface area (Å²) >= 11 is 0. The Kier molecular flexibility index (Phi) is 6.13. The van der Waals surface area contributed by atoms with Gasteiger partial charge in [0, 0.05) is 26.4 Å². The largest absolute Gasteiger partial charge is 0.480 e. The Balaban J connectivity index is 2.58. The standard InChI is InChI=1S/C13H21N3O5/c1-8(17)16-6-2-3-9(7-16)12(19)15-10(13(20)21)4-5-11(14)18/h9-10H,2-7H2,1H3,(H2,14,18)(H,15,19)(H,20,21). The fourth-order valence-corrected chi connectivity index (χ4v) is 2.31. The number of carbonyl (C=O) groups excluding carboxylic acids is 3. The summed E-state index contributed by atoms with van der Waals surface area (Å²) in [6.45, 7) is 2.35. The van der Waals surface area contributed by atoms with Crippen molar-refractivity contribution < 1.29 is 24.3 Å². The summed E-state index contributed by atoms with van der Waals surface area (Å²) in [5.74, 6) is -2.74. The molecule has 0 aliphatic carbocycles. The first-order valence-corrected chi connectivity index (χ1v) is 6.88. The third-order valence-electron chi connectivity index (χ3n) is 3.53. The van der Waals surface area contributed by atoms with Gasteiger partial charge in [0.25, 0.3) is 0 Å². The molecule has 0 aromatic rings. The maximum absolute atomic E-state index is 12.1. The molecule has 0 spiro atoms. The average molecular weight is 299 g/mol. The lowest BCUT2D eigenvalue weighted by Crippen LogP contribution is -2.49. The van der Waals surface area contributed by atoms with Crippen molar-refractivity contribution in [3.8, 4) is 0 Å². The molecular weight excluding hydrogens is 278 g/mol. The first kappa shape index (κ1) is 16.9. The summed E-state index contributed by atoms with van der Waals surface area (Å²) in [4.78, 5) is 46.8. The highest BCUT2D eigenvalue weighted by Gasteiger charge is 2.30. The quantitative estimate of drug-likeness (QED) is 0.584. The van der Waals surface area contributed by atoms with Gasteiger partial charge in [-0.1, -0.05) is 0 Å². The molecule has 0 bridgehead atoms. The molecule has 1 saturated heterocycles. The van der Waals surface area contributed by atoms with Crippen LogP contribution in [0.4, 0.5) is 0 Å². The number of carboxylic acid groups (broad SMARTS) is 1. The molecule has 0 saturated carbocycles. The third kappa shape index (κ3) is 5.41. The lowest BCUT2D eigenvalue weighted by atomic mass is 9.96. The van der Waals surface area contributed by atoms with E-state index in [9.17, 15) is 19.2 Å². The van der Waals surface area contributed by atoms with Gasteiger partial charge < -0.3 is 21.1 Å². The Morgan fingerprint density at radius 3 is 2.57 bits per heavy atom. The fourth-order valence-electron chi connectivity index (χ4n) is 2.31. The number of carboxylic acids is 1. The van der Waals surface area contributed by atoms with E-state index in [1.54, 1.807) is 4.90 Å². The monoisotopic (exact) mass is 299 g/mol. The molecule has 8 heteroatoms. The van der Waals surface area contributed by atoms with Gasteiger partial charge in [0.2, 0.25) is 17.7 Å². The summed E-state index contributed by atoms with van der Waals surface area (Å²) in [7, 11) is 0. The average Bonchev–Trinajstić information content (AvgIpc) is 2.42. The molecule has 1 fully saturated rings. The maximum atomic E-state index is 12.1. The Hall–Kier alpha value is -2.12. The Morgan fingerprint density at radius 2 is 2.05 bits per heavy atom. The molecule has 4 N–H and O–H groups in total. The van der Waals surface area contributed by atoms with Crippen molar-refractivity contribution in [1.29, 1.82) is 0 Å². The second-order valence-corrected chi connectivity index (χ2v) is 5.21. The highest BCUT2D eigenvalue weighted by Crippen LogP contribution is 2.17. The number of primary amides is 1. The Morgan fingerprint density at radius 1 is 1.38 bits per heavy atom. The molecule has 118 valence electrons. The second-order valence-electron chi connectivity index (χ2n) is 5.21. The van der Waals surface area contributed by atoms with E-state index in [-0.39, 0.29) is 18.7 Å². The summed E-state index contributed by atoms with van der Waals surface area (Å²) < 4.78 is 0. The Bertz CT molecular complexity index is 438. The fraction of sp³-hybridized carbons (Fsp3) is 0.692. The lowest BCUT2D eigenvalue weighted by Gasteiger charge is -2.31. The van der Waals surface area contributed by atoms with Gasteiger partial charge in [0.05, 0.1) is 5.92 Å². The van der Waals surface area contributed by atoms with Crippen molar-refractivity contribution in [2.75, 3.05) is 13.1 Å². The molecule has 1 aliphatic heterocycles. The summed E-state index contributed by atoms with van der Waals surface area (Å²) in [6.07, 6.45) is 1.16. The van der Waals surface area contributed by atoms with E-state index in [0.717, 1.165) is 0 Å². The molecule has 3 amide bonds. The van der Waals surface area contributed by atoms with Crippen LogP contribution in [0.1, 0.15) is 32.6 Å². The molecule has 1 aliphatic rings. The van der Waals surface area contributed by atoms with E-state index in [2.05, 4.69) is 5.32 Å². The molecule has 2 unspecified atom stereocenters. The van der Waals surface area contributed by atoms with Gasteiger partial charge >= 0.3 is 5.97 Å². The number of amides is 3. The topological polar surface area (TPSA) is 130 Å². The van der Waals surface area contributed by atoms with Crippen LogP contribution >= 0.6 is 0 Å². The van der Waals surface area contributed by atoms with Gasteiger partial charge in [-0.2, -0.15) is 0 Å². The third-order valence-corrected chi connectivity index (χ3v) is 3.53. The molecule has 21 heavy (non-hydrogen) atoms. The van der Waals surface area contributed by atoms with Crippen LogP contribution in [0.15, 0.2) is 0 Å². The lowest BCUT2D eigenvalue weighted by molar-refractivity contribution is -0.144. The van der Waals surface area contributed by atoms with Gasteiger partial charge in [-0.25, -0.2) is 4.79 Å². The molecule has 0 aromatic heterocycles. The molecule has 1 heterocycles. The van der Waals surface area contributed by atoms with Gasteiger partial charge in [-0.05, 0) is 19.3 Å². The first-order valence-electron chi connectivity index (χ1n) is 6.88. The van der Waals surface area contributed by atoms with Crippen molar-refractivity contribution in [3.05, 3.63) is 0 Å². The van der Waals surface area contributed by atoms with Crippen LogP contribution in [0.2, 0.25) is 0 Å².